The second-order valence-electron chi connectivity index (χ2n) is 5.85. The van der Waals surface area contributed by atoms with Gasteiger partial charge in [0.1, 0.15) is 13.1 Å². The Morgan fingerprint density at radius 2 is 1.19 bits per heavy atom. The zero-order valence-electron chi connectivity index (χ0n) is 12.9. The van der Waals surface area contributed by atoms with Gasteiger partial charge in [-0.1, -0.05) is 0 Å². The van der Waals surface area contributed by atoms with Crippen LogP contribution in [0, 0.1) is 0 Å². The van der Waals surface area contributed by atoms with Gasteiger partial charge in [-0.2, -0.15) is 0 Å². The summed E-state index contributed by atoms with van der Waals surface area (Å²) in [7, 11) is 0. The molecule has 0 radical (unpaired) electrons. The number of ether oxygens (including phenoxy) is 4. The lowest BCUT2D eigenvalue weighted by Crippen LogP contribution is -2.43. The molecule has 4 amide bonds. The van der Waals surface area contributed by atoms with E-state index in [9.17, 15) is 19.2 Å². The first-order chi connectivity index (χ1) is 12.3. The fourth-order valence-electron chi connectivity index (χ4n) is 3.10. The van der Waals surface area contributed by atoms with E-state index in [1.54, 1.807) is 0 Å². The standard InChI is InChI=1S/C12H14N4O10/c17-3(18)1-15-7-5(13-11(15)21)23-9(25-7)10-24-6-8(26-10)16(2-4(19)20)12(22)14-6/h5-10H,1-2H2,(H,13,21)(H,14,22)(H,17,18)(H,19,20)/t5-,6+,7-,8-,9-,10+/m1/s1. The maximum atomic E-state index is 11.7. The molecule has 4 aliphatic heterocycles. The Bertz CT molecular complexity index is 616. The molecular formula is C12H14N4O10. The lowest BCUT2D eigenvalue weighted by atomic mass is 10.4. The minimum Gasteiger partial charge on any atom is -0.480 e. The highest BCUT2D eigenvalue weighted by atomic mass is 16.8. The summed E-state index contributed by atoms with van der Waals surface area (Å²) in [5.41, 5.74) is 0. The van der Waals surface area contributed by atoms with Gasteiger partial charge in [-0.05, 0) is 0 Å². The quantitative estimate of drug-likeness (QED) is 0.395. The number of carbonyl (C=O) groups is 4. The predicted molar refractivity (Wildman–Crippen MR) is 72.8 cm³/mol. The van der Waals surface area contributed by atoms with Crippen LogP contribution in [-0.4, -0.2) is 94.6 Å². The van der Waals surface area contributed by atoms with Crippen molar-refractivity contribution in [2.45, 2.75) is 37.5 Å². The van der Waals surface area contributed by atoms with Crippen molar-refractivity contribution < 1.29 is 48.3 Å². The first kappa shape index (κ1) is 16.8. The van der Waals surface area contributed by atoms with Crippen molar-refractivity contribution in [3.63, 3.8) is 0 Å². The molecule has 0 spiro atoms. The molecule has 4 saturated heterocycles. The molecule has 0 unspecified atom stereocenters. The lowest BCUT2D eigenvalue weighted by molar-refractivity contribution is -0.235. The molecule has 4 N–H and O–H groups in total. The first-order valence-electron chi connectivity index (χ1n) is 7.53. The van der Waals surface area contributed by atoms with E-state index < -0.39 is 74.6 Å². The van der Waals surface area contributed by atoms with E-state index in [4.69, 9.17) is 29.2 Å². The Hall–Kier alpha value is -2.68. The second kappa shape index (κ2) is 5.94. The van der Waals surface area contributed by atoms with Gasteiger partial charge in [0.15, 0.2) is 24.9 Å². The van der Waals surface area contributed by atoms with Crippen LogP contribution in [0.3, 0.4) is 0 Å². The van der Waals surface area contributed by atoms with Crippen LogP contribution in [0.4, 0.5) is 9.59 Å². The summed E-state index contributed by atoms with van der Waals surface area (Å²) < 4.78 is 22.0. The van der Waals surface area contributed by atoms with Crippen molar-refractivity contribution in [3.8, 4) is 0 Å². The maximum absolute atomic E-state index is 11.7. The Labute approximate surface area is 144 Å². The Kier molecular flexibility index (Phi) is 3.83. The van der Waals surface area contributed by atoms with Gasteiger partial charge in [-0.15, -0.1) is 0 Å². The average Bonchev–Trinajstić information content (AvgIpc) is 3.24. The highest BCUT2D eigenvalue weighted by Crippen LogP contribution is 2.34. The van der Waals surface area contributed by atoms with Crippen LogP contribution in [-0.2, 0) is 28.5 Å². The first-order valence-corrected chi connectivity index (χ1v) is 7.53. The van der Waals surface area contributed by atoms with Crippen molar-refractivity contribution >= 4 is 24.0 Å². The van der Waals surface area contributed by atoms with Gasteiger partial charge >= 0.3 is 24.0 Å². The third-order valence-corrected chi connectivity index (χ3v) is 4.13. The zero-order chi connectivity index (χ0) is 18.6. The highest BCUT2D eigenvalue weighted by Gasteiger charge is 2.57. The number of urea groups is 2. The largest absolute Gasteiger partial charge is 0.480 e. The van der Waals surface area contributed by atoms with Crippen LogP contribution in [0.1, 0.15) is 0 Å². The fourth-order valence-corrected chi connectivity index (χ4v) is 3.10. The summed E-state index contributed by atoms with van der Waals surface area (Å²) in [5, 5.41) is 22.6. The third kappa shape index (κ3) is 2.68. The number of carbonyl (C=O) groups excluding carboxylic acids is 2. The van der Waals surface area contributed by atoms with Gasteiger partial charge in [-0.25, -0.2) is 9.59 Å². The predicted octanol–water partition coefficient (Wildman–Crippen LogP) is -2.74. The molecule has 4 aliphatic rings. The van der Waals surface area contributed by atoms with Crippen LogP contribution >= 0.6 is 0 Å². The summed E-state index contributed by atoms with van der Waals surface area (Å²) in [6, 6.07) is -1.29. The van der Waals surface area contributed by atoms with Crippen LogP contribution in [0.15, 0.2) is 0 Å². The van der Waals surface area contributed by atoms with E-state index in [0.717, 1.165) is 9.80 Å². The van der Waals surface area contributed by atoms with E-state index in [0.29, 0.717) is 0 Å². The zero-order valence-corrected chi connectivity index (χ0v) is 12.9. The van der Waals surface area contributed by atoms with Crippen LogP contribution < -0.4 is 10.6 Å². The molecule has 0 aliphatic carbocycles. The molecule has 14 heteroatoms. The van der Waals surface area contributed by atoms with Crippen molar-refractivity contribution in [2.24, 2.45) is 0 Å². The topological polar surface area (TPSA) is 176 Å². The molecule has 0 aromatic heterocycles. The molecule has 0 aromatic carbocycles. The summed E-state index contributed by atoms with van der Waals surface area (Å²) in [4.78, 5) is 47.0. The summed E-state index contributed by atoms with van der Waals surface area (Å²) in [6.45, 7) is -1.16. The molecule has 14 nitrogen and oxygen atoms in total. The van der Waals surface area contributed by atoms with Crippen LogP contribution in [0.5, 0.6) is 0 Å². The van der Waals surface area contributed by atoms with Gasteiger partial charge in [0.05, 0.1) is 0 Å². The fraction of sp³-hybridized carbons (Fsp3) is 0.667. The summed E-state index contributed by atoms with van der Waals surface area (Å²) >= 11 is 0. The number of hydrogen-bond acceptors (Lipinski definition) is 8. The highest BCUT2D eigenvalue weighted by molar-refractivity contribution is 5.83. The smallest absolute Gasteiger partial charge is 0.323 e. The van der Waals surface area contributed by atoms with Crippen molar-refractivity contribution in [3.05, 3.63) is 0 Å². The Balaban J connectivity index is 1.40. The van der Waals surface area contributed by atoms with E-state index in [1.165, 1.54) is 0 Å². The number of hydrogen-bond donors (Lipinski definition) is 4. The van der Waals surface area contributed by atoms with E-state index in [2.05, 4.69) is 10.6 Å². The lowest BCUT2D eigenvalue weighted by Gasteiger charge is -2.23. The van der Waals surface area contributed by atoms with Gasteiger partial charge in [0.25, 0.3) is 0 Å². The summed E-state index contributed by atoms with van der Waals surface area (Å²) in [6.07, 6.45) is -6.03. The molecule has 4 fully saturated rings. The van der Waals surface area contributed by atoms with Crippen LogP contribution in [0.25, 0.3) is 0 Å². The van der Waals surface area contributed by atoms with E-state index in [1.807, 2.05) is 0 Å². The Morgan fingerprint density at radius 3 is 1.54 bits per heavy atom. The maximum Gasteiger partial charge on any atom is 0.323 e. The normalized spacial score (nSPS) is 38.2. The Morgan fingerprint density at radius 1 is 0.808 bits per heavy atom. The van der Waals surface area contributed by atoms with Crippen molar-refractivity contribution in [1.29, 1.82) is 0 Å². The molecule has 0 aromatic rings. The van der Waals surface area contributed by atoms with Crippen molar-refractivity contribution in [2.75, 3.05) is 13.1 Å². The number of carboxylic acid groups (broad SMARTS) is 2. The SMILES string of the molecule is O=C(O)CN1C(=O)N[C@@H]2O[C@@H]([C@@H]3O[C@@H]4[C@@H](NC(=O)N4CC(=O)O)O3)O[C@H]21. The molecule has 4 heterocycles. The summed E-state index contributed by atoms with van der Waals surface area (Å²) in [5.74, 6) is -2.44. The molecule has 142 valence electrons. The van der Waals surface area contributed by atoms with E-state index >= 15 is 0 Å². The number of aliphatic carboxylic acids is 2. The number of fused-ring (bicyclic) bond motifs is 2. The van der Waals surface area contributed by atoms with Gasteiger partial charge < -0.3 is 39.8 Å². The van der Waals surface area contributed by atoms with Crippen LogP contribution in [0.2, 0.25) is 0 Å². The molecule has 26 heavy (non-hydrogen) atoms. The third-order valence-electron chi connectivity index (χ3n) is 4.13. The van der Waals surface area contributed by atoms with Gasteiger partial charge in [0, 0.05) is 0 Å². The van der Waals surface area contributed by atoms with Gasteiger partial charge in [0.2, 0.25) is 12.6 Å². The molecule has 4 rings (SSSR count). The number of carboxylic acids is 2. The number of rotatable bonds is 5. The molecular weight excluding hydrogens is 360 g/mol. The number of nitrogens with one attached hydrogen (secondary N) is 2. The number of amides is 4. The number of nitrogens with zero attached hydrogens (tertiary/aromatic N) is 2. The minimum absolute atomic E-state index is 0.580. The second-order valence-corrected chi connectivity index (χ2v) is 5.85. The van der Waals surface area contributed by atoms with Crippen molar-refractivity contribution in [1.82, 2.24) is 20.4 Å². The monoisotopic (exact) mass is 374 g/mol. The van der Waals surface area contributed by atoms with Gasteiger partial charge in [-0.3, -0.25) is 19.4 Å². The molecule has 6 atom stereocenters. The minimum atomic E-state index is -1.22. The van der Waals surface area contributed by atoms with E-state index in [-0.39, 0.29) is 0 Å². The molecule has 0 bridgehead atoms. The average molecular weight is 374 g/mol. The molecule has 0 saturated carbocycles.